The van der Waals surface area contributed by atoms with Gasteiger partial charge in [-0.15, -0.1) is 0 Å². The third kappa shape index (κ3) is 6.37. The highest BCUT2D eigenvalue weighted by molar-refractivity contribution is 5.76. The Morgan fingerprint density at radius 1 is 1.21 bits per heavy atom. The molecule has 0 atom stereocenters. The Kier molecular flexibility index (Phi) is 6.86. The number of anilines is 1. The summed E-state index contributed by atoms with van der Waals surface area (Å²) in [6, 6.07) is 4.94. The summed E-state index contributed by atoms with van der Waals surface area (Å²) in [6.45, 7) is 4.78. The van der Waals surface area contributed by atoms with Crippen LogP contribution in [0.5, 0.6) is 0 Å². The Bertz CT molecular complexity index is 532. The fourth-order valence-corrected chi connectivity index (χ4v) is 2.39. The lowest BCUT2D eigenvalue weighted by Crippen LogP contribution is -2.41. The molecule has 1 aliphatic rings. The number of nitrogens with one attached hydrogen (secondary N) is 2. The first-order valence-corrected chi connectivity index (χ1v) is 7.93. The zero-order valence-corrected chi connectivity index (χ0v) is 13.4. The van der Waals surface area contributed by atoms with Gasteiger partial charge in [0, 0.05) is 44.8 Å². The van der Waals surface area contributed by atoms with Crippen LogP contribution in [0.1, 0.15) is 12.0 Å². The summed E-state index contributed by atoms with van der Waals surface area (Å²) in [7, 11) is 0. The van der Waals surface area contributed by atoms with Crippen molar-refractivity contribution in [2.45, 2.75) is 12.6 Å². The lowest BCUT2D eigenvalue weighted by atomic mass is 10.2. The van der Waals surface area contributed by atoms with Crippen molar-refractivity contribution in [1.82, 2.24) is 10.2 Å². The number of carbonyl (C=O) groups is 1. The molecule has 2 N–H and O–H groups in total. The predicted octanol–water partition coefficient (Wildman–Crippen LogP) is 1.96. The maximum Gasteiger partial charge on any atom is 0.416 e. The summed E-state index contributed by atoms with van der Waals surface area (Å²) in [5, 5.41) is 5.65. The number of carbonyl (C=O) groups excluding carboxylic acids is 1. The molecule has 1 heterocycles. The monoisotopic (exact) mass is 345 g/mol. The van der Waals surface area contributed by atoms with Crippen LogP contribution in [0.3, 0.4) is 0 Å². The Morgan fingerprint density at radius 3 is 2.67 bits per heavy atom. The number of benzene rings is 1. The second-order valence-corrected chi connectivity index (χ2v) is 5.56. The summed E-state index contributed by atoms with van der Waals surface area (Å²) < 4.78 is 43.1. The highest BCUT2D eigenvalue weighted by Crippen LogP contribution is 2.30. The molecule has 0 aromatic heterocycles. The molecule has 0 bridgehead atoms. The maximum atomic E-state index is 12.6. The van der Waals surface area contributed by atoms with Crippen molar-refractivity contribution in [2.24, 2.45) is 0 Å². The molecule has 134 valence electrons. The van der Waals surface area contributed by atoms with E-state index < -0.39 is 11.7 Å². The van der Waals surface area contributed by atoms with Gasteiger partial charge < -0.3 is 15.4 Å². The van der Waals surface area contributed by atoms with Gasteiger partial charge in [0.25, 0.3) is 0 Å². The number of ether oxygens (including phenoxy) is 1. The number of hydrogen-bond acceptors (Lipinski definition) is 4. The molecule has 5 nitrogen and oxygen atoms in total. The average molecular weight is 345 g/mol. The Labute approximate surface area is 139 Å². The van der Waals surface area contributed by atoms with Crippen molar-refractivity contribution >= 4 is 11.6 Å². The van der Waals surface area contributed by atoms with E-state index in [0.717, 1.165) is 45.0 Å². The number of alkyl halides is 3. The summed E-state index contributed by atoms with van der Waals surface area (Å²) in [6.07, 6.45) is -4.16. The molecule has 1 aromatic carbocycles. The molecule has 1 aromatic rings. The van der Waals surface area contributed by atoms with Crippen LogP contribution < -0.4 is 10.6 Å². The molecule has 0 unspecified atom stereocenters. The molecule has 0 spiro atoms. The molecule has 0 radical (unpaired) electrons. The first-order chi connectivity index (χ1) is 11.4. The highest BCUT2D eigenvalue weighted by Gasteiger charge is 2.30. The smallest absolute Gasteiger partial charge is 0.385 e. The molecule has 8 heteroatoms. The normalized spacial score (nSPS) is 16.0. The molecule has 24 heavy (non-hydrogen) atoms. The Morgan fingerprint density at radius 2 is 1.96 bits per heavy atom. The molecule has 2 rings (SSSR count). The quantitative estimate of drug-likeness (QED) is 0.793. The first kappa shape index (κ1) is 18.5. The largest absolute Gasteiger partial charge is 0.416 e. The summed E-state index contributed by atoms with van der Waals surface area (Å²) in [4.78, 5) is 13.9. The minimum absolute atomic E-state index is 0.122. The van der Waals surface area contributed by atoms with Gasteiger partial charge in [-0.2, -0.15) is 13.2 Å². The number of nitrogens with zero attached hydrogens (tertiary/aromatic N) is 1. The van der Waals surface area contributed by atoms with Crippen molar-refractivity contribution in [3.05, 3.63) is 29.8 Å². The Hall–Kier alpha value is -1.80. The molecule has 1 amide bonds. The van der Waals surface area contributed by atoms with Gasteiger partial charge in [0.05, 0.1) is 18.8 Å². The van der Waals surface area contributed by atoms with E-state index in [-0.39, 0.29) is 18.9 Å². The Balaban J connectivity index is 1.63. The minimum Gasteiger partial charge on any atom is -0.385 e. The van der Waals surface area contributed by atoms with Crippen LogP contribution in [0.15, 0.2) is 24.3 Å². The van der Waals surface area contributed by atoms with E-state index in [0.29, 0.717) is 12.2 Å². The van der Waals surface area contributed by atoms with Crippen molar-refractivity contribution in [3.63, 3.8) is 0 Å². The number of hydrogen-bond donors (Lipinski definition) is 2. The molecule has 1 fully saturated rings. The first-order valence-electron chi connectivity index (χ1n) is 7.93. The molecular weight excluding hydrogens is 323 g/mol. The zero-order chi connectivity index (χ0) is 17.4. The van der Waals surface area contributed by atoms with Gasteiger partial charge in [0.15, 0.2) is 0 Å². The number of rotatable bonds is 7. The summed E-state index contributed by atoms with van der Waals surface area (Å²) in [5.41, 5.74) is -0.353. The van der Waals surface area contributed by atoms with Crippen LogP contribution in [0.4, 0.5) is 18.9 Å². The van der Waals surface area contributed by atoms with E-state index in [1.807, 2.05) is 0 Å². The summed E-state index contributed by atoms with van der Waals surface area (Å²) in [5.74, 6) is -0.122. The average Bonchev–Trinajstić information content (AvgIpc) is 2.55. The van der Waals surface area contributed by atoms with E-state index >= 15 is 0 Å². The van der Waals surface area contributed by atoms with Crippen molar-refractivity contribution in [1.29, 1.82) is 0 Å². The number of halogens is 3. The van der Waals surface area contributed by atoms with E-state index in [9.17, 15) is 18.0 Å². The molecule has 1 aliphatic heterocycles. The highest BCUT2D eigenvalue weighted by atomic mass is 19.4. The van der Waals surface area contributed by atoms with Crippen LogP contribution in [0.2, 0.25) is 0 Å². The summed E-state index contributed by atoms with van der Waals surface area (Å²) >= 11 is 0. The van der Waals surface area contributed by atoms with Gasteiger partial charge >= 0.3 is 6.18 Å². The maximum absolute atomic E-state index is 12.6. The number of amides is 1. The van der Waals surface area contributed by atoms with Gasteiger partial charge in [0.2, 0.25) is 5.91 Å². The van der Waals surface area contributed by atoms with Gasteiger partial charge in [-0.25, -0.2) is 0 Å². The second-order valence-electron chi connectivity index (χ2n) is 5.56. The molecule has 1 saturated heterocycles. The predicted molar refractivity (Wildman–Crippen MR) is 84.8 cm³/mol. The van der Waals surface area contributed by atoms with Gasteiger partial charge in [-0.3, -0.25) is 9.69 Å². The van der Waals surface area contributed by atoms with Crippen LogP contribution in [-0.2, 0) is 15.7 Å². The van der Waals surface area contributed by atoms with Gasteiger partial charge in [-0.1, -0.05) is 6.07 Å². The van der Waals surface area contributed by atoms with E-state index in [2.05, 4.69) is 15.5 Å². The standard InChI is InChI=1S/C16H22F3N3O2/c17-16(18,19)13-2-1-3-14(12-13)20-5-4-15(23)21-6-7-22-8-10-24-11-9-22/h1-3,12,20H,4-11H2,(H,21,23). The van der Waals surface area contributed by atoms with E-state index in [1.54, 1.807) is 6.07 Å². The minimum atomic E-state index is -4.37. The number of morpholine rings is 1. The lowest BCUT2D eigenvalue weighted by Gasteiger charge is -2.26. The molecule has 0 saturated carbocycles. The second kappa shape index (κ2) is 8.89. The van der Waals surface area contributed by atoms with Crippen LogP contribution in [0.25, 0.3) is 0 Å². The SMILES string of the molecule is O=C(CCNc1cccc(C(F)(F)F)c1)NCCN1CCOCC1. The zero-order valence-electron chi connectivity index (χ0n) is 13.4. The van der Waals surface area contributed by atoms with Crippen molar-refractivity contribution in [2.75, 3.05) is 51.3 Å². The van der Waals surface area contributed by atoms with Crippen molar-refractivity contribution in [3.8, 4) is 0 Å². The van der Waals surface area contributed by atoms with Gasteiger partial charge in [-0.05, 0) is 18.2 Å². The third-order valence-corrected chi connectivity index (χ3v) is 3.72. The van der Waals surface area contributed by atoms with Crippen LogP contribution >= 0.6 is 0 Å². The fraction of sp³-hybridized carbons (Fsp3) is 0.562. The topological polar surface area (TPSA) is 53.6 Å². The molecular formula is C16H22F3N3O2. The van der Waals surface area contributed by atoms with Crippen molar-refractivity contribution < 1.29 is 22.7 Å². The van der Waals surface area contributed by atoms with Crippen LogP contribution in [0, 0.1) is 0 Å². The fourth-order valence-electron chi connectivity index (χ4n) is 2.39. The third-order valence-electron chi connectivity index (χ3n) is 3.72. The lowest BCUT2D eigenvalue weighted by molar-refractivity contribution is -0.137. The van der Waals surface area contributed by atoms with E-state index in [1.165, 1.54) is 6.07 Å². The van der Waals surface area contributed by atoms with Crippen LogP contribution in [-0.4, -0.2) is 56.7 Å². The van der Waals surface area contributed by atoms with E-state index in [4.69, 9.17) is 4.74 Å². The van der Waals surface area contributed by atoms with Gasteiger partial charge in [0.1, 0.15) is 0 Å². The molecule has 0 aliphatic carbocycles.